The minimum absolute atomic E-state index is 0.179. The predicted octanol–water partition coefficient (Wildman–Crippen LogP) is 3.82. The van der Waals surface area contributed by atoms with Crippen LogP contribution in [0.4, 0.5) is 0 Å². The van der Waals surface area contributed by atoms with Crippen molar-refractivity contribution >= 4 is 5.97 Å². The quantitative estimate of drug-likeness (QED) is 0.601. The van der Waals surface area contributed by atoms with Crippen molar-refractivity contribution in [2.75, 3.05) is 6.61 Å². The molecule has 0 saturated carbocycles. The Balaban J connectivity index is 2.21. The third-order valence-corrected chi connectivity index (χ3v) is 2.41. The molecule has 0 aliphatic heterocycles. The molecule has 0 N–H and O–H groups in total. The van der Waals surface area contributed by atoms with Crippen LogP contribution in [0.2, 0.25) is 0 Å². The van der Waals surface area contributed by atoms with Crippen LogP contribution in [0.15, 0.2) is 67.3 Å². The lowest BCUT2D eigenvalue weighted by Gasteiger charge is -2.10. The molecule has 0 fully saturated rings. The van der Waals surface area contributed by atoms with Crippen LogP contribution < -0.4 is 4.74 Å². The van der Waals surface area contributed by atoms with E-state index in [1.54, 1.807) is 18.2 Å². The third-order valence-electron chi connectivity index (χ3n) is 2.41. The van der Waals surface area contributed by atoms with Crippen molar-refractivity contribution in [1.29, 1.82) is 0 Å². The summed E-state index contributed by atoms with van der Waals surface area (Å²) in [5.74, 6) is 0.723. The van der Waals surface area contributed by atoms with Crippen LogP contribution in [-0.4, -0.2) is 12.6 Å². The minimum Gasteiger partial charge on any atom is -0.458 e. The monoisotopic (exact) mass is 254 g/mol. The fourth-order valence-corrected chi connectivity index (χ4v) is 1.55. The maximum Gasteiger partial charge on any atom is 0.342 e. The van der Waals surface area contributed by atoms with Crippen molar-refractivity contribution < 1.29 is 14.3 Å². The first-order valence-electron chi connectivity index (χ1n) is 5.91. The number of esters is 1. The Morgan fingerprint density at radius 1 is 1.05 bits per heavy atom. The molecule has 0 saturated heterocycles. The van der Waals surface area contributed by atoms with Gasteiger partial charge < -0.3 is 9.47 Å². The SMILES string of the molecule is C=CCOC(=O)c1ccccc1Oc1ccccc1. The van der Waals surface area contributed by atoms with Crippen molar-refractivity contribution in [2.45, 2.75) is 0 Å². The lowest BCUT2D eigenvalue weighted by Crippen LogP contribution is -2.06. The van der Waals surface area contributed by atoms with Gasteiger partial charge in [0.15, 0.2) is 0 Å². The van der Waals surface area contributed by atoms with Gasteiger partial charge in [-0.3, -0.25) is 0 Å². The molecule has 0 spiro atoms. The van der Waals surface area contributed by atoms with Gasteiger partial charge in [0, 0.05) is 0 Å². The molecule has 0 aromatic heterocycles. The van der Waals surface area contributed by atoms with Crippen LogP contribution in [0.1, 0.15) is 10.4 Å². The van der Waals surface area contributed by atoms with E-state index in [4.69, 9.17) is 9.47 Å². The Bertz CT molecular complexity index is 561. The minimum atomic E-state index is -0.425. The van der Waals surface area contributed by atoms with E-state index in [9.17, 15) is 4.79 Å². The van der Waals surface area contributed by atoms with E-state index >= 15 is 0 Å². The molecule has 2 rings (SSSR count). The Labute approximate surface area is 112 Å². The molecule has 2 aromatic carbocycles. The van der Waals surface area contributed by atoms with Crippen molar-refractivity contribution in [1.82, 2.24) is 0 Å². The van der Waals surface area contributed by atoms with Crippen molar-refractivity contribution in [3.8, 4) is 11.5 Å². The second-order valence-corrected chi connectivity index (χ2v) is 3.80. The van der Waals surface area contributed by atoms with Gasteiger partial charge in [-0.25, -0.2) is 4.79 Å². The van der Waals surface area contributed by atoms with E-state index in [0.717, 1.165) is 0 Å². The van der Waals surface area contributed by atoms with Crippen LogP contribution in [-0.2, 0) is 4.74 Å². The summed E-state index contributed by atoms with van der Waals surface area (Å²) in [6.45, 7) is 3.69. The van der Waals surface area contributed by atoms with Gasteiger partial charge in [0.05, 0.1) is 0 Å². The molecule has 0 aliphatic carbocycles. The van der Waals surface area contributed by atoms with Crippen molar-refractivity contribution in [2.24, 2.45) is 0 Å². The second-order valence-electron chi connectivity index (χ2n) is 3.80. The summed E-state index contributed by atoms with van der Waals surface area (Å²) in [5, 5.41) is 0. The van der Waals surface area contributed by atoms with Gasteiger partial charge in [-0.05, 0) is 24.3 Å². The molecule has 0 amide bonds. The summed E-state index contributed by atoms with van der Waals surface area (Å²) in [7, 11) is 0. The molecule has 19 heavy (non-hydrogen) atoms. The molecular formula is C16H14O3. The first-order valence-corrected chi connectivity index (χ1v) is 5.91. The lowest BCUT2D eigenvalue weighted by molar-refractivity contribution is 0.0547. The Hall–Kier alpha value is -2.55. The average Bonchev–Trinajstić information content (AvgIpc) is 2.46. The van der Waals surface area contributed by atoms with Gasteiger partial charge in [-0.15, -0.1) is 0 Å². The van der Waals surface area contributed by atoms with E-state index in [1.165, 1.54) is 6.08 Å². The number of hydrogen-bond donors (Lipinski definition) is 0. The molecule has 0 bridgehead atoms. The van der Waals surface area contributed by atoms with Gasteiger partial charge in [0.1, 0.15) is 23.7 Å². The van der Waals surface area contributed by atoms with Gasteiger partial charge in [-0.1, -0.05) is 43.0 Å². The summed E-state index contributed by atoms with van der Waals surface area (Å²) < 4.78 is 10.7. The molecule has 0 atom stereocenters. The average molecular weight is 254 g/mol. The van der Waals surface area contributed by atoms with E-state index in [-0.39, 0.29) is 6.61 Å². The van der Waals surface area contributed by atoms with E-state index < -0.39 is 5.97 Å². The molecular weight excluding hydrogens is 240 g/mol. The van der Waals surface area contributed by atoms with Gasteiger partial charge >= 0.3 is 5.97 Å². The van der Waals surface area contributed by atoms with Crippen LogP contribution in [0.5, 0.6) is 11.5 Å². The molecule has 0 radical (unpaired) electrons. The molecule has 2 aromatic rings. The highest BCUT2D eigenvalue weighted by molar-refractivity contribution is 5.92. The number of ether oxygens (including phenoxy) is 2. The molecule has 0 unspecified atom stereocenters. The first-order chi connectivity index (χ1) is 9.31. The fraction of sp³-hybridized carbons (Fsp3) is 0.0625. The number of rotatable bonds is 5. The summed E-state index contributed by atoms with van der Waals surface area (Å²) >= 11 is 0. The van der Waals surface area contributed by atoms with Crippen molar-refractivity contribution in [3.63, 3.8) is 0 Å². The predicted molar refractivity (Wildman–Crippen MR) is 73.4 cm³/mol. The summed E-state index contributed by atoms with van der Waals surface area (Å²) in [4.78, 5) is 11.9. The molecule has 0 aliphatic rings. The molecule has 96 valence electrons. The zero-order valence-corrected chi connectivity index (χ0v) is 10.4. The number of benzene rings is 2. The normalized spacial score (nSPS) is 9.68. The standard InChI is InChI=1S/C16H14O3/c1-2-12-18-16(17)14-10-6-7-11-15(14)19-13-8-4-3-5-9-13/h2-11H,1,12H2. The number of hydrogen-bond acceptors (Lipinski definition) is 3. The van der Waals surface area contributed by atoms with Crippen LogP contribution in [0.25, 0.3) is 0 Å². The highest BCUT2D eigenvalue weighted by Gasteiger charge is 2.13. The smallest absolute Gasteiger partial charge is 0.342 e. The summed E-state index contributed by atoms with van der Waals surface area (Å²) in [6.07, 6.45) is 1.53. The van der Waals surface area contributed by atoms with E-state index in [2.05, 4.69) is 6.58 Å². The third kappa shape index (κ3) is 3.45. The largest absolute Gasteiger partial charge is 0.458 e. The second kappa shape index (κ2) is 6.40. The zero-order valence-electron chi connectivity index (χ0n) is 10.4. The summed E-state index contributed by atoms with van der Waals surface area (Å²) in [6, 6.07) is 16.3. The maximum atomic E-state index is 11.9. The highest BCUT2D eigenvalue weighted by atomic mass is 16.5. The number of para-hydroxylation sites is 2. The topological polar surface area (TPSA) is 35.5 Å². The number of carbonyl (C=O) groups is 1. The summed E-state index contributed by atoms with van der Waals surface area (Å²) in [5.41, 5.74) is 0.396. The Morgan fingerprint density at radius 3 is 2.47 bits per heavy atom. The van der Waals surface area contributed by atoms with E-state index in [1.807, 2.05) is 36.4 Å². The fourth-order valence-electron chi connectivity index (χ4n) is 1.55. The van der Waals surface area contributed by atoms with Crippen molar-refractivity contribution in [3.05, 3.63) is 72.8 Å². The molecule has 3 heteroatoms. The maximum absolute atomic E-state index is 11.9. The van der Waals surface area contributed by atoms with Gasteiger partial charge in [-0.2, -0.15) is 0 Å². The first kappa shape index (κ1) is 12.9. The van der Waals surface area contributed by atoms with Crippen LogP contribution in [0, 0.1) is 0 Å². The van der Waals surface area contributed by atoms with E-state index in [0.29, 0.717) is 17.1 Å². The molecule has 3 nitrogen and oxygen atoms in total. The highest BCUT2D eigenvalue weighted by Crippen LogP contribution is 2.25. The molecule has 0 heterocycles. The Kier molecular flexibility index (Phi) is 4.34. The van der Waals surface area contributed by atoms with Crippen LogP contribution in [0.3, 0.4) is 0 Å². The van der Waals surface area contributed by atoms with Gasteiger partial charge in [0.25, 0.3) is 0 Å². The zero-order chi connectivity index (χ0) is 13.5. The van der Waals surface area contributed by atoms with Crippen LogP contribution >= 0.6 is 0 Å². The lowest BCUT2D eigenvalue weighted by atomic mass is 10.2. The van der Waals surface area contributed by atoms with Gasteiger partial charge in [0.2, 0.25) is 0 Å². The number of carbonyl (C=O) groups excluding carboxylic acids is 1. The Morgan fingerprint density at radius 2 is 1.74 bits per heavy atom.